The first-order valence-corrected chi connectivity index (χ1v) is 6.94. The fraction of sp³-hybridized carbons (Fsp3) is 0.308. The number of aryl methyl sites for hydroxylation is 1. The minimum absolute atomic E-state index is 0.714. The second kappa shape index (κ2) is 5.59. The van der Waals surface area contributed by atoms with Gasteiger partial charge < -0.3 is 10.2 Å². The van der Waals surface area contributed by atoms with Crippen LogP contribution in [0, 0.1) is 6.92 Å². The molecule has 1 heterocycles. The number of para-hydroxylation sites is 1. The maximum Gasteiger partial charge on any atom is 0.0898 e. The molecule has 18 heavy (non-hydrogen) atoms. The summed E-state index contributed by atoms with van der Waals surface area (Å²) in [6.45, 7) is 2.73. The molecule has 0 atom stereocenters. The summed E-state index contributed by atoms with van der Waals surface area (Å²) in [5, 5.41) is 7.29. The molecule has 0 spiro atoms. The largest absolute Gasteiger partial charge is 0.378 e. The normalized spacial score (nSPS) is 10.4. The van der Waals surface area contributed by atoms with Gasteiger partial charge in [0.2, 0.25) is 0 Å². The van der Waals surface area contributed by atoms with Crippen molar-refractivity contribution in [3.8, 4) is 0 Å². The number of hydrogen-bond acceptors (Lipinski definition) is 4. The van der Waals surface area contributed by atoms with Gasteiger partial charge in [-0.15, -0.1) is 11.3 Å². The highest BCUT2D eigenvalue weighted by Crippen LogP contribution is 2.32. The molecule has 3 nitrogen and oxygen atoms in total. The van der Waals surface area contributed by atoms with Gasteiger partial charge in [-0.05, 0) is 19.1 Å². The molecule has 1 aromatic heterocycles. The summed E-state index contributed by atoms with van der Waals surface area (Å²) in [7, 11) is 3.97. The maximum absolute atomic E-state index is 6.22. The summed E-state index contributed by atoms with van der Waals surface area (Å²) in [4.78, 5) is 6.44. The predicted octanol–water partition coefficient (Wildman–Crippen LogP) is 3.78. The Labute approximate surface area is 116 Å². The molecule has 0 fully saturated rings. The first kappa shape index (κ1) is 13.2. The van der Waals surface area contributed by atoms with Gasteiger partial charge in [0.25, 0.3) is 0 Å². The molecule has 0 aliphatic rings. The highest BCUT2D eigenvalue weighted by molar-refractivity contribution is 7.09. The van der Waals surface area contributed by atoms with Crippen LogP contribution in [0.15, 0.2) is 23.6 Å². The number of nitrogens with zero attached hydrogens (tertiary/aromatic N) is 2. The minimum Gasteiger partial charge on any atom is -0.378 e. The van der Waals surface area contributed by atoms with E-state index in [9.17, 15) is 0 Å². The van der Waals surface area contributed by atoms with Crippen molar-refractivity contribution < 1.29 is 0 Å². The van der Waals surface area contributed by atoms with Crippen LogP contribution in [-0.2, 0) is 6.54 Å². The van der Waals surface area contributed by atoms with E-state index in [4.69, 9.17) is 11.6 Å². The van der Waals surface area contributed by atoms with Gasteiger partial charge in [-0.1, -0.05) is 17.7 Å². The average molecular weight is 282 g/mol. The molecule has 1 aromatic carbocycles. The molecule has 0 aliphatic carbocycles. The Kier molecular flexibility index (Phi) is 4.09. The smallest absolute Gasteiger partial charge is 0.0898 e. The van der Waals surface area contributed by atoms with E-state index in [1.165, 1.54) is 0 Å². The molecule has 0 amide bonds. The second-order valence-corrected chi connectivity index (χ2v) is 5.71. The van der Waals surface area contributed by atoms with Gasteiger partial charge in [-0.3, -0.25) is 0 Å². The third-order valence-corrected chi connectivity index (χ3v) is 3.69. The second-order valence-electron chi connectivity index (χ2n) is 4.24. The molecule has 0 unspecified atom stereocenters. The summed E-state index contributed by atoms with van der Waals surface area (Å²) in [6.07, 6.45) is 0. The number of nitrogens with one attached hydrogen (secondary N) is 1. The van der Waals surface area contributed by atoms with Gasteiger partial charge >= 0.3 is 0 Å². The first-order chi connectivity index (χ1) is 8.58. The molecule has 2 aromatic rings. The summed E-state index contributed by atoms with van der Waals surface area (Å²) in [5.74, 6) is 0. The van der Waals surface area contributed by atoms with Crippen molar-refractivity contribution in [2.45, 2.75) is 13.5 Å². The van der Waals surface area contributed by atoms with Crippen molar-refractivity contribution in [1.29, 1.82) is 0 Å². The van der Waals surface area contributed by atoms with Gasteiger partial charge in [0, 0.05) is 19.5 Å². The van der Waals surface area contributed by atoms with E-state index in [0.717, 1.165) is 27.1 Å². The molecule has 96 valence electrons. The van der Waals surface area contributed by atoms with Crippen molar-refractivity contribution in [2.24, 2.45) is 0 Å². The third kappa shape index (κ3) is 2.94. The van der Waals surface area contributed by atoms with E-state index in [-0.39, 0.29) is 0 Å². The van der Waals surface area contributed by atoms with Gasteiger partial charge in [0.15, 0.2) is 0 Å². The van der Waals surface area contributed by atoms with Crippen LogP contribution < -0.4 is 10.2 Å². The topological polar surface area (TPSA) is 28.2 Å². The number of benzene rings is 1. The van der Waals surface area contributed by atoms with E-state index in [0.29, 0.717) is 6.54 Å². The quantitative estimate of drug-likeness (QED) is 0.924. The van der Waals surface area contributed by atoms with E-state index in [2.05, 4.69) is 15.7 Å². The van der Waals surface area contributed by atoms with Crippen LogP contribution in [0.1, 0.15) is 10.7 Å². The van der Waals surface area contributed by atoms with Crippen LogP contribution in [0.5, 0.6) is 0 Å². The average Bonchev–Trinajstić information content (AvgIpc) is 2.72. The Hall–Kier alpha value is -1.26. The van der Waals surface area contributed by atoms with Crippen molar-refractivity contribution in [3.05, 3.63) is 39.3 Å². The Bertz CT molecular complexity index is 537. The minimum atomic E-state index is 0.714. The summed E-state index contributed by atoms with van der Waals surface area (Å²) in [6, 6.07) is 5.87. The fourth-order valence-electron chi connectivity index (χ4n) is 1.79. The van der Waals surface area contributed by atoms with Gasteiger partial charge in [-0.25, -0.2) is 4.98 Å². The summed E-state index contributed by atoms with van der Waals surface area (Å²) in [5.41, 5.74) is 3.09. The molecule has 0 bridgehead atoms. The van der Waals surface area contributed by atoms with Crippen molar-refractivity contribution in [3.63, 3.8) is 0 Å². The molecule has 2 rings (SSSR count). The number of thiazole rings is 1. The lowest BCUT2D eigenvalue weighted by Crippen LogP contribution is -2.12. The number of hydrogen-bond donors (Lipinski definition) is 1. The zero-order chi connectivity index (χ0) is 13.1. The third-order valence-electron chi connectivity index (χ3n) is 2.56. The monoisotopic (exact) mass is 281 g/mol. The highest BCUT2D eigenvalue weighted by atomic mass is 35.5. The Balaban J connectivity index is 2.16. The van der Waals surface area contributed by atoms with E-state index in [1.807, 2.05) is 44.1 Å². The molecular formula is C13H16ClN3S. The summed E-state index contributed by atoms with van der Waals surface area (Å²) >= 11 is 7.88. The van der Waals surface area contributed by atoms with Crippen LogP contribution in [0.25, 0.3) is 0 Å². The Morgan fingerprint density at radius 2 is 2.17 bits per heavy atom. The maximum atomic E-state index is 6.22. The van der Waals surface area contributed by atoms with Crippen LogP contribution in [0.4, 0.5) is 11.4 Å². The SMILES string of the molecule is Cc1nc(CNc2cccc(Cl)c2N(C)C)cs1. The highest BCUT2D eigenvalue weighted by Gasteiger charge is 2.09. The zero-order valence-electron chi connectivity index (χ0n) is 10.7. The van der Waals surface area contributed by atoms with Gasteiger partial charge in [0.05, 0.1) is 33.6 Å². The van der Waals surface area contributed by atoms with Crippen molar-refractivity contribution in [1.82, 2.24) is 4.98 Å². The standard InChI is InChI=1S/C13H16ClN3S/c1-9-16-10(8-18-9)7-15-12-6-4-5-11(14)13(12)17(2)3/h4-6,8,15H,7H2,1-3H3. The number of halogens is 1. The molecule has 0 aliphatic heterocycles. The van der Waals surface area contributed by atoms with E-state index < -0.39 is 0 Å². The zero-order valence-corrected chi connectivity index (χ0v) is 12.3. The number of anilines is 2. The van der Waals surface area contributed by atoms with E-state index in [1.54, 1.807) is 11.3 Å². The first-order valence-electron chi connectivity index (χ1n) is 5.68. The lowest BCUT2D eigenvalue weighted by molar-refractivity contribution is 1.04. The predicted molar refractivity (Wildman–Crippen MR) is 80.0 cm³/mol. The van der Waals surface area contributed by atoms with Crippen LogP contribution in [0.3, 0.4) is 0 Å². The van der Waals surface area contributed by atoms with Crippen LogP contribution in [-0.4, -0.2) is 19.1 Å². The Morgan fingerprint density at radius 1 is 1.39 bits per heavy atom. The van der Waals surface area contributed by atoms with Crippen LogP contribution >= 0.6 is 22.9 Å². The number of rotatable bonds is 4. The molecule has 0 saturated carbocycles. The lowest BCUT2D eigenvalue weighted by Gasteiger charge is -2.19. The van der Waals surface area contributed by atoms with Gasteiger partial charge in [-0.2, -0.15) is 0 Å². The number of aromatic nitrogens is 1. The lowest BCUT2D eigenvalue weighted by atomic mass is 10.2. The molecule has 5 heteroatoms. The van der Waals surface area contributed by atoms with Crippen LogP contribution in [0.2, 0.25) is 5.02 Å². The van der Waals surface area contributed by atoms with Crippen molar-refractivity contribution in [2.75, 3.05) is 24.3 Å². The summed E-state index contributed by atoms with van der Waals surface area (Å²) < 4.78 is 0. The molecule has 1 N–H and O–H groups in total. The Morgan fingerprint density at radius 3 is 2.78 bits per heavy atom. The van der Waals surface area contributed by atoms with E-state index >= 15 is 0 Å². The molecule has 0 saturated heterocycles. The van der Waals surface area contributed by atoms with Crippen molar-refractivity contribution >= 4 is 34.3 Å². The molecule has 0 radical (unpaired) electrons. The fourth-order valence-corrected chi connectivity index (χ4v) is 2.74. The van der Waals surface area contributed by atoms with Gasteiger partial charge in [0.1, 0.15) is 0 Å². The molecular weight excluding hydrogens is 266 g/mol.